The van der Waals surface area contributed by atoms with Gasteiger partial charge in [-0.1, -0.05) is 12.1 Å². The summed E-state index contributed by atoms with van der Waals surface area (Å²) in [5.41, 5.74) is 0.973. The van der Waals surface area contributed by atoms with Crippen molar-refractivity contribution in [3.8, 4) is 0 Å². The molecule has 0 radical (unpaired) electrons. The number of carbonyl (C=O) groups is 1. The van der Waals surface area contributed by atoms with E-state index in [-0.39, 0.29) is 23.6 Å². The number of aromatic nitrogens is 2. The van der Waals surface area contributed by atoms with Crippen LogP contribution in [0.4, 0.5) is 0 Å². The number of nitrogens with one attached hydrogen (secondary N) is 1. The smallest absolute Gasteiger partial charge is 0.297 e. The van der Waals surface area contributed by atoms with Crippen molar-refractivity contribution in [2.75, 3.05) is 27.2 Å². The first kappa shape index (κ1) is 15.2. The van der Waals surface area contributed by atoms with Crippen molar-refractivity contribution in [1.29, 1.82) is 0 Å². The van der Waals surface area contributed by atoms with Crippen LogP contribution in [0.1, 0.15) is 0 Å². The van der Waals surface area contributed by atoms with Crippen LogP contribution < -0.4 is 10.9 Å². The van der Waals surface area contributed by atoms with Crippen molar-refractivity contribution in [2.45, 2.75) is 6.54 Å². The van der Waals surface area contributed by atoms with Crippen LogP contribution in [0.5, 0.6) is 0 Å². The molecule has 0 bridgehead atoms. The van der Waals surface area contributed by atoms with E-state index in [0.29, 0.717) is 24.2 Å². The highest BCUT2D eigenvalue weighted by atomic mass is 16.3. The van der Waals surface area contributed by atoms with Gasteiger partial charge in [0.2, 0.25) is 11.5 Å². The van der Waals surface area contributed by atoms with Gasteiger partial charge < -0.3 is 14.6 Å². The lowest BCUT2D eigenvalue weighted by Gasteiger charge is -2.17. The van der Waals surface area contributed by atoms with E-state index in [2.05, 4.69) is 10.3 Å². The summed E-state index contributed by atoms with van der Waals surface area (Å²) in [5.74, 6) is -0.153. The van der Waals surface area contributed by atoms with Gasteiger partial charge in [-0.25, -0.2) is 4.98 Å². The number of hydrogen-bond donors (Lipinski definition) is 1. The van der Waals surface area contributed by atoms with Gasteiger partial charge in [0.1, 0.15) is 17.6 Å². The summed E-state index contributed by atoms with van der Waals surface area (Å²) >= 11 is 0. The molecule has 120 valence electrons. The third kappa shape index (κ3) is 2.83. The molecule has 23 heavy (non-hydrogen) atoms. The van der Waals surface area contributed by atoms with Crippen molar-refractivity contribution in [2.24, 2.45) is 0 Å². The van der Waals surface area contributed by atoms with Gasteiger partial charge in [-0.2, -0.15) is 0 Å². The van der Waals surface area contributed by atoms with Crippen LogP contribution in [0.25, 0.3) is 22.1 Å². The Balaban J connectivity index is 1.93. The zero-order chi connectivity index (χ0) is 16.4. The Morgan fingerprint density at radius 3 is 2.96 bits per heavy atom. The minimum absolute atomic E-state index is 0.0565. The third-order valence-corrected chi connectivity index (χ3v) is 3.78. The van der Waals surface area contributed by atoms with Gasteiger partial charge in [0.25, 0.3) is 5.56 Å². The molecule has 2 heterocycles. The van der Waals surface area contributed by atoms with Gasteiger partial charge in [0.15, 0.2) is 0 Å². The number of furan rings is 1. The standard InChI is InChI=1S/C16H18N4O3/c1-17-7-8-19(2)13(21)9-20-10-18-14-11-5-3-4-6-12(11)23-15(14)16(20)22/h3-6,10,17H,7-9H2,1-2H3. The van der Waals surface area contributed by atoms with Crippen LogP contribution in [0.3, 0.4) is 0 Å². The van der Waals surface area contributed by atoms with Crippen LogP contribution in [0.2, 0.25) is 0 Å². The van der Waals surface area contributed by atoms with Crippen LogP contribution in [0.15, 0.2) is 39.8 Å². The normalized spacial score (nSPS) is 11.2. The Morgan fingerprint density at radius 2 is 2.17 bits per heavy atom. The monoisotopic (exact) mass is 314 g/mol. The maximum Gasteiger partial charge on any atom is 0.297 e. The number of hydrogen-bond acceptors (Lipinski definition) is 5. The van der Waals surface area contributed by atoms with E-state index >= 15 is 0 Å². The number of amides is 1. The molecule has 0 atom stereocenters. The molecule has 0 unspecified atom stereocenters. The summed E-state index contributed by atoms with van der Waals surface area (Å²) in [6.45, 7) is 1.21. The molecule has 2 aromatic heterocycles. The zero-order valence-corrected chi connectivity index (χ0v) is 13.1. The predicted molar refractivity (Wildman–Crippen MR) is 87.3 cm³/mol. The lowest BCUT2D eigenvalue weighted by molar-refractivity contribution is -0.130. The first-order chi connectivity index (χ1) is 11.1. The third-order valence-electron chi connectivity index (χ3n) is 3.78. The lowest BCUT2D eigenvalue weighted by atomic mass is 10.2. The van der Waals surface area contributed by atoms with E-state index in [0.717, 1.165) is 5.39 Å². The van der Waals surface area contributed by atoms with Crippen molar-refractivity contribution in [3.63, 3.8) is 0 Å². The van der Waals surface area contributed by atoms with E-state index in [1.807, 2.05) is 25.2 Å². The molecule has 0 saturated heterocycles. The summed E-state index contributed by atoms with van der Waals surface area (Å²) in [6.07, 6.45) is 1.40. The molecule has 0 spiro atoms. The minimum atomic E-state index is -0.346. The molecule has 1 amide bonds. The van der Waals surface area contributed by atoms with Crippen molar-refractivity contribution >= 4 is 28.0 Å². The molecule has 3 aromatic rings. The Morgan fingerprint density at radius 1 is 1.39 bits per heavy atom. The predicted octanol–water partition coefficient (Wildman–Crippen LogP) is 0.821. The van der Waals surface area contributed by atoms with Crippen molar-refractivity contribution < 1.29 is 9.21 Å². The van der Waals surface area contributed by atoms with E-state index in [9.17, 15) is 9.59 Å². The highest BCUT2D eigenvalue weighted by molar-refractivity contribution is 6.01. The van der Waals surface area contributed by atoms with Crippen molar-refractivity contribution in [1.82, 2.24) is 19.8 Å². The first-order valence-electron chi connectivity index (χ1n) is 7.37. The maximum absolute atomic E-state index is 12.5. The molecule has 0 saturated carbocycles. The number of rotatable bonds is 5. The lowest BCUT2D eigenvalue weighted by Crippen LogP contribution is -2.37. The van der Waals surface area contributed by atoms with Crippen LogP contribution >= 0.6 is 0 Å². The molecule has 3 rings (SSSR count). The molecule has 0 aliphatic carbocycles. The molecule has 1 aromatic carbocycles. The Labute approximate surface area is 132 Å². The highest BCUT2D eigenvalue weighted by Crippen LogP contribution is 2.23. The highest BCUT2D eigenvalue weighted by Gasteiger charge is 2.15. The van der Waals surface area contributed by atoms with Crippen LogP contribution in [-0.4, -0.2) is 47.5 Å². The Kier molecular flexibility index (Phi) is 4.12. The minimum Gasteiger partial charge on any atom is -0.448 e. The fourth-order valence-corrected chi connectivity index (χ4v) is 2.40. The number of para-hydroxylation sites is 1. The molecule has 1 N–H and O–H groups in total. The molecule has 0 aliphatic heterocycles. The number of carbonyl (C=O) groups excluding carboxylic acids is 1. The summed E-state index contributed by atoms with van der Waals surface area (Å²) in [7, 11) is 3.53. The SMILES string of the molecule is CNCCN(C)C(=O)Cn1cnc2c(oc3ccccc32)c1=O. The summed E-state index contributed by atoms with van der Waals surface area (Å²) in [4.78, 5) is 30.5. The Bertz CT molecular complexity index is 912. The summed E-state index contributed by atoms with van der Waals surface area (Å²) in [6, 6.07) is 7.35. The second-order valence-corrected chi connectivity index (χ2v) is 5.37. The van der Waals surface area contributed by atoms with Gasteiger partial charge in [-0.3, -0.25) is 14.2 Å². The van der Waals surface area contributed by atoms with Crippen LogP contribution in [0, 0.1) is 0 Å². The quantitative estimate of drug-likeness (QED) is 0.754. The summed E-state index contributed by atoms with van der Waals surface area (Å²) in [5, 5.41) is 3.77. The second kappa shape index (κ2) is 6.21. The molecular weight excluding hydrogens is 296 g/mol. The van der Waals surface area contributed by atoms with Gasteiger partial charge in [0, 0.05) is 25.5 Å². The molecule has 0 aliphatic rings. The number of nitrogens with zero attached hydrogens (tertiary/aromatic N) is 3. The fourth-order valence-electron chi connectivity index (χ4n) is 2.40. The first-order valence-corrected chi connectivity index (χ1v) is 7.37. The van der Waals surface area contributed by atoms with Gasteiger partial charge in [0.05, 0.1) is 6.33 Å². The largest absolute Gasteiger partial charge is 0.448 e. The van der Waals surface area contributed by atoms with E-state index in [1.54, 1.807) is 18.0 Å². The summed E-state index contributed by atoms with van der Waals surface area (Å²) < 4.78 is 6.88. The number of fused-ring (bicyclic) bond motifs is 3. The van der Waals surface area contributed by atoms with Gasteiger partial charge >= 0.3 is 0 Å². The second-order valence-electron chi connectivity index (χ2n) is 5.37. The number of likely N-dealkylation sites (N-methyl/N-ethyl adjacent to an activating group) is 2. The van der Waals surface area contributed by atoms with Gasteiger partial charge in [-0.15, -0.1) is 0 Å². The van der Waals surface area contributed by atoms with Gasteiger partial charge in [-0.05, 0) is 19.2 Å². The zero-order valence-electron chi connectivity index (χ0n) is 13.1. The maximum atomic E-state index is 12.5. The average Bonchev–Trinajstić information content (AvgIpc) is 2.94. The average molecular weight is 314 g/mol. The molecule has 7 heteroatoms. The number of benzene rings is 1. The van der Waals surface area contributed by atoms with Crippen molar-refractivity contribution in [3.05, 3.63) is 40.9 Å². The van der Waals surface area contributed by atoms with E-state index in [4.69, 9.17) is 4.42 Å². The Hall–Kier alpha value is -2.67. The fraction of sp³-hybridized carbons (Fsp3) is 0.312. The molecular formula is C16H18N4O3. The van der Waals surface area contributed by atoms with E-state index in [1.165, 1.54) is 10.9 Å². The molecule has 0 fully saturated rings. The topological polar surface area (TPSA) is 80.4 Å². The van der Waals surface area contributed by atoms with E-state index < -0.39 is 0 Å². The van der Waals surface area contributed by atoms with Crippen LogP contribution in [-0.2, 0) is 11.3 Å². The molecule has 7 nitrogen and oxygen atoms in total.